The fraction of sp³-hybridized carbons (Fsp3) is 0.625. The minimum Gasteiger partial charge on any atom is -0.389 e. The molecule has 1 aliphatic heterocycles. The van der Waals surface area contributed by atoms with E-state index in [1.165, 1.54) is 0 Å². The summed E-state index contributed by atoms with van der Waals surface area (Å²) in [7, 11) is 0. The van der Waals surface area contributed by atoms with Crippen molar-refractivity contribution in [1.82, 2.24) is 0 Å². The van der Waals surface area contributed by atoms with Crippen LogP contribution in [0.4, 0.5) is 0 Å². The van der Waals surface area contributed by atoms with Gasteiger partial charge in [-0.15, -0.1) is 13.2 Å². The van der Waals surface area contributed by atoms with Gasteiger partial charge >= 0.3 is 0 Å². The Bertz CT molecular complexity index is 408. The Kier molecular flexibility index (Phi) is 3.16. The van der Waals surface area contributed by atoms with E-state index >= 15 is 0 Å². The van der Waals surface area contributed by atoms with Crippen molar-refractivity contribution in [2.24, 2.45) is 17.3 Å². The lowest BCUT2D eigenvalue weighted by Crippen LogP contribution is -2.61. The lowest BCUT2D eigenvalue weighted by molar-refractivity contribution is -0.275. The molecule has 1 N–H and O–H groups in total. The molecule has 4 atom stereocenters. The van der Waals surface area contributed by atoms with Crippen LogP contribution >= 0.6 is 0 Å². The van der Waals surface area contributed by atoms with Gasteiger partial charge in [0.25, 0.3) is 0 Å². The number of rotatable bonds is 4. The first-order chi connectivity index (χ1) is 9.17. The van der Waals surface area contributed by atoms with Crippen molar-refractivity contribution in [3.05, 3.63) is 37.5 Å². The third-order valence-corrected chi connectivity index (χ3v) is 5.01. The van der Waals surface area contributed by atoms with E-state index in [4.69, 9.17) is 9.47 Å². The lowest BCUT2D eigenvalue weighted by atomic mass is 9.52. The van der Waals surface area contributed by atoms with Gasteiger partial charge in [-0.3, -0.25) is 0 Å². The van der Waals surface area contributed by atoms with Gasteiger partial charge in [-0.1, -0.05) is 24.3 Å². The monoisotopic (exact) mass is 262 g/mol. The van der Waals surface area contributed by atoms with Crippen LogP contribution < -0.4 is 0 Å². The van der Waals surface area contributed by atoms with E-state index in [1.807, 2.05) is 6.08 Å². The van der Waals surface area contributed by atoms with Gasteiger partial charge in [-0.05, 0) is 18.8 Å². The number of aliphatic hydroxyl groups excluding tert-OH is 1. The summed E-state index contributed by atoms with van der Waals surface area (Å²) in [6, 6.07) is 0. The molecule has 2 fully saturated rings. The van der Waals surface area contributed by atoms with Gasteiger partial charge in [0.2, 0.25) is 0 Å². The van der Waals surface area contributed by atoms with Crippen molar-refractivity contribution >= 4 is 0 Å². The minimum atomic E-state index is -0.576. The van der Waals surface area contributed by atoms with Crippen LogP contribution in [0, 0.1) is 17.3 Å². The molecule has 1 heterocycles. The summed E-state index contributed by atoms with van der Waals surface area (Å²) in [5.74, 6) is -0.0673. The zero-order valence-electron chi connectivity index (χ0n) is 11.3. The Morgan fingerprint density at radius 2 is 2.11 bits per heavy atom. The van der Waals surface area contributed by atoms with E-state index in [0.717, 1.165) is 19.3 Å². The molecule has 1 spiro atoms. The van der Waals surface area contributed by atoms with Gasteiger partial charge < -0.3 is 14.6 Å². The maximum atomic E-state index is 10.3. The van der Waals surface area contributed by atoms with Crippen molar-refractivity contribution in [2.45, 2.75) is 31.2 Å². The summed E-state index contributed by atoms with van der Waals surface area (Å²) in [4.78, 5) is 0. The van der Waals surface area contributed by atoms with E-state index in [-0.39, 0.29) is 11.3 Å². The highest BCUT2D eigenvalue weighted by Crippen LogP contribution is 2.61. The maximum Gasteiger partial charge on any atom is 0.178 e. The van der Waals surface area contributed by atoms with Crippen LogP contribution in [0.3, 0.4) is 0 Å². The zero-order valence-corrected chi connectivity index (χ0v) is 11.3. The van der Waals surface area contributed by atoms with E-state index in [1.54, 1.807) is 6.08 Å². The highest BCUT2D eigenvalue weighted by atomic mass is 16.7. The maximum absolute atomic E-state index is 10.3. The number of fused-ring (bicyclic) bond motifs is 1. The minimum absolute atomic E-state index is 0.0878. The molecular formula is C16H22O3. The first-order valence-electron chi connectivity index (χ1n) is 7.06. The topological polar surface area (TPSA) is 38.7 Å². The fourth-order valence-corrected chi connectivity index (χ4v) is 4.21. The second-order valence-corrected chi connectivity index (χ2v) is 5.87. The zero-order chi connectivity index (χ0) is 13.5. The normalized spacial score (nSPS) is 40.5. The molecule has 1 saturated heterocycles. The third kappa shape index (κ3) is 1.69. The number of aliphatic hydroxyl groups is 1. The van der Waals surface area contributed by atoms with Gasteiger partial charge in [0.05, 0.1) is 24.7 Å². The van der Waals surface area contributed by atoms with Gasteiger partial charge in [0.15, 0.2) is 5.79 Å². The van der Waals surface area contributed by atoms with Crippen molar-refractivity contribution < 1.29 is 14.6 Å². The van der Waals surface area contributed by atoms with E-state index in [0.29, 0.717) is 19.1 Å². The van der Waals surface area contributed by atoms with Gasteiger partial charge in [-0.25, -0.2) is 0 Å². The molecule has 0 radical (unpaired) electrons. The Labute approximate surface area is 114 Å². The van der Waals surface area contributed by atoms with Crippen molar-refractivity contribution in [1.29, 1.82) is 0 Å². The van der Waals surface area contributed by atoms with Crippen LogP contribution in [0.2, 0.25) is 0 Å². The predicted molar refractivity (Wildman–Crippen MR) is 73.4 cm³/mol. The molecule has 104 valence electrons. The molecule has 19 heavy (non-hydrogen) atoms. The van der Waals surface area contributed by atoms with Crippen LogP contribution in [0.5, 0.6) is 0 Å². The molecule has 0 aromatic rings. The summed E-state index contributed by atoms with van der Waals surface area (Å²) in [5, 5.41) is 10.3. The van der Waals surface area contributed by atoms with Crippen molar-refractivity contribution in [2.75, 3.05) is 13.2 Å². The highest BCUT2D eigenvalue weighted by molar-refractivity contribution is 5.25. The van der Waals surface area contributed by atoms with E-state index in [9.17, 15) is 5.11 Å². The molecule has 0 aromatic heterocycles. The molecule has 0 amide bonds. The Balaban J connectivity index is 2.07. The number of hydrogen-bond donors (Lipinski definition) is 1. The number of hydrogen-bond acceptors (Lipinski definition) is 3. The average Bonchev–Trinajstić information content (AvgIpc) is 2.88. The second kappa shape index (κ2) is 4.58. The van der Waals surface area contributed by atoms with Crippen LogP contribution in [-0.4, -0.2) is 30.2 Å². The SMILES string of the molecule is C=CC[C@]12C=C[C@H](C[C@@H]1[C@@H](O)C=C)CC21OCCO1. The molecule has 3 aliphatic carbocycles. The summed E-state index contributed by atoms with van der Waals surface area (Å²) in [6.07, 6.45) is 10.1. The van der Waals surface area contributed by atoms with Crippen LogP contribution in [0.25, 0.3) is 0 Å². The summed E-state index contributed by atoms with van der Waals surface area (Å²) in [6.45, 7) is 8.90. The molecule has 0 aromatic carbocycles. The molecule has 0 unspecified atom stereocenters. The quantitative estimate of drug-likeness (QED) is 0.791. The highest BCUT2D eigenvalue weighted by Gasteiger charge is 2.64. The summed E-state index contributed by atoms with van der Waals surface area (Å²) in [5.41, 5.74) is -0.312. The Morgan fingerprint density at radius 3 is 2.74 bits per heavy atom. The van der Waals surface area contributed by atoms with Gasteiger partial charge in [0.1, 0.15) is 0 Å². The lowest BCUT2D eigenvalue weighted by Gasteiger charge is -2.58. The van der Waals surface area contributed by atoms with Crippen LogP contribution in [0.1, 0.15) is 19.3 Å². The van der Waals surface area contributed by atoms with Gasteiger partial charge in [0, 0.05) is 12.3 Å². The van der Waals surface area contributed by atoms with Crippen LogP contribution in [0.15, 0.2) is 37.5 Å². The smallest absolute Gasteiger partial charge is 0.178 e. The summed E-state index contributed by atoms with van der Waals surface area (Å²) >= 11 is 0. The molecule has 1 saturated carbocycles. The molecular weight excluding hydrogens is 240 g/mol. The Hall–Kier alpha value is -0.900. The molecule has 2 bridgehead atoms. The van der Waals surface area contributed by atoms with Gasteiger partial charge in [-0.2, -0.15) is 0 Å². The molecule has 4 aliphatic rings. The fourth-order valence-electron chi connectivity index (χ4n) is 4.21. The molecule has 4 rings (SSSR count). The largest absolute Gasteiger partial charge is 0.389 e. The van der Waals surface area contributed by atoms with Crippen molar-refractivity contribution in [3.63, 3.8) is 0 Å². The van der Waals surface area contributed by atoms with Crippen LogP contribution in [-0.2, 0) is 9.47 Å². The van der Waals surface area contributed by atoms with E-state index in [2.05, 4.69) is 25.3 Å². The molecule has 3 heteroatoms. The molecule has 3 nitrogen and oxygen atoms in total. The first-order valence-corrected chi connectivity index (χ1v) is 7.06. The van der Waals surface area contributed by atoms with E-state index < -0.39 is 11.9 Å². The van der Waals surface area contributed by atoms with Crippen molar-refractivity contribution in [3.8, 4) is 0 Å². The first kappa shape index (κ1) is 13.1. The second-order valence-electron chi connectivity index (χ2n) is 5.87. The average molecular weight is 262 g/mol. The summed E-state index contributed by atoms with van der Waals surface area (Å²) < 4.78 is 12.1. The standard InChI is InChI=1S/C16H22O3/c1-3-6-15-7-5-12(10-13(15)14(17)4-2)11-16(15)18-8-9-19-16/h3-5,7,12-14,17H,1-2,6,8-11H2/t12-,13-,14+,15+/m1/s1. The number of allylic oxidation sites excluding steroid dienone is 2. The number of ether oxygens (including phenoxy) is 2. The predicted octanol–water partition coefficient (Wildman–Crippen LogP) is 2.43. The third-order valence-electron chi connectivity index (χ3n) is 5.01. The Morgan fingerprint density at radius 1 is 1.37 bits per heavy atom.